The minimum Gasteiger partial charge on any atom is -0.497 e. The number of benzene rings is 1. The van der Waals surface area contributed by atoms with Gasteiger partial charge in [0, 0.05) is 0 Å². The summed E-state index contributed by atoms with van der Waals surface area (Å²) in [5.41, 5.74) is -0.443. The molecule has 16 heavy (non-hydrogen) atoms. The molecular weight excluding hydrogens is 211 g/mol. The Kier molecular flexibility index (Phi) is 2.58. The van der Waals surface area contributed by atoms with Crippen LogP contribution in [0.25, 0.3) is 0 Å². The highest BCUT2D eigenvalue weighted by Crippen LogP contribution is 2.46. The summed E-state index contributed by atoms with van der Waals surface area (Å²) in [5, 5.41) is 9.21. The molecule has 0 heterocycles. The summed E-state index contributed by atoms with van der Waals surface area (Å²) in [6, 6.07) is 6.84. The molecule has 1 saturated carbocycles. The zero-order valence-electron chi connectivity index (χ0n) is 8.94. The molecular formula is C12H13FO3. The zero-order chi connectivity index (χ0) is 11.8. The van der Waals surface area contributed by atoms with Gasteiger partial charge >= 0.3 is 5.97 Å². The van der Waals surface area contributed by atoms with Crippen LogP contribution in [0.1, 0.15) is 18.4 Å². The molecule has 0 aromatic heterocycles. The van der Waals surface area contributed by atoms with Crippen LogP contribution in [0.15, 0.2) is 24.3 Å². The molecule has 1 fully saturated rings. The van der Waals surface area contributed by atoms with Crippen molar-refractivity contribution in [3.05, 3.63) is 29.8 Å². The van der Waals surface area contributed by atoms with E-state index in [1.807, 2.05) is 0 Å². The molecule has 0 atom stereocenters. The molecule has 0 saturated heterocycles. The van der Waals surface area contributed by atoms with Crippen LogP contribution in [0.2, 0.25) is 0 Å². The lowest BCUT2D eigenvalue weighted by molar-refractivity contribution is -0.150. The average Bonchev–Trinajstić information content (AvgIpc) is 2.24. The van der Waals surface area contributed by atoms with E-state index in [0.717, 1.165) is 0 Å². The van der Waals surface area contributed by atoms with Crippen molar-refractivity contribution in [1.82, 2.24) is 0 Å². The van der Waals surface area contributed by atoms with Crippen molar-refractivity contribution >= 4 is 5.97 Å². The predicted molar refractivity (Wildman–Crippen MR) is 56.4 cm³/mol. The van der Waals surface area contributed by atoms with Crippen LogP contribution in [-0.2, 0) is 10.2 Å². The molecule has 3 nitrogen and oxygen atoms in total. The summed E-state index contributed by atoms with van der Waals surface area (Å²) < 4.78 is 18.0. The summed E-state index contributed by atoms with van der Waals surface area (Å²) in [5.74, 6) is -0.366. The van der Waals surface area contributed by atoms with Gasteiger partial charge in [0.15, 0.2) is 0 Å². The normalized spacial score (nSPS) is 28.2. The van der Waals surface area contributed by atoms with Gasteiger partial charge in [0.05, 0.1) is 12.5 Å². The number of hydrogen-bond acceptors (Lipinski definition) is 2. The standard InChI is InChI=1S/C12H13FO3/c1-16-10-4-2-3-8(5-10)12(11(14)15)6-9(13)7-12/h2-5,9H,6-7H2,1H3,(H,14,15). The molecule has 0 radical (unpaired) electrons. The first-order valence-corrected chi connectivity index (χ1v) is 5.10. The third-order valence-electron chi connectivity index (χ3n) is 3.17. The summed E-state index contributed by atoms with van der Waals surface area (Å²) in [6.45, 7) is 0. The number of carboxylic acids is 1. The molecule has 0 aliphatic heterocycles. The largest absolute Gasteiger partial charge is 0.497 e. The molecule has 0 unspecified atom stereocenters. The van der Waals surface area contributed by atoms with Gasteiger partial charge in [-0.2, -0.15) is 0 Å². The van der Waals surface area contributed by atoms with Gasteiger partial charge < -0.3 is 9.84 Å². The fraction of sp³-hybridized carbons (Fsp3) is 0.417. The highest BCUT2D eigenvalue weighted by molar-refractivity contribution is 5.83. The van der Waals surface area contributed by atoms with Crippen LogP contribution in [0, 0.1) is 0 Å². The Morgan fingerprint density at radius 2 is 2.25 bits per heavy atom. The lowest BCUT2D eigenvalue weighted by atomic mass is 9.63. The van der Waals surface area contributed by atoms with Gasteiger partial charge in [0.2, 0.25) is 0 Å². The predicted octanol–water partition coefficient (Wildman–Crippen LogP) is 2.15. The van der Waals surface area contributed by atoms with Gasteiger partial charge in [-0.05, 0) is 30.5 Å². The number of hydrogen-bond donors (Lipinski definition) is 1. The average molecular weight is 224 g/mol. The second-order valence-electron chi connectivity index (χ2n) is 4.12. The minimum absolute atomic E-state index is 0.0511. The van der Waals surface area contributed by atoms with E-state index in [9.17, 15) is 14.3 Å². The third kappa shape index (κ3) is 1.54. The zero-order valence-corrected chi connectivity index (χ0v) is 8.94. The number of rotatable bonds is 3. The Hall–Kier alpha value is -1.58. The molecule has 4 heteroatoms. The number of methoxy groups -OCH3 is 1. The van der Waals surface area contributed by atoms with E-state index in [4.69, 9.17) is 4.74 Å². The molecule has 0 amide bonds. The minimum atomic E-state index is -1.06. The number of alkyl halides is 1. The van der Waals surface area contributed by atoms with Crippen molar-refractivity contribution in [2.24, 2.45) is 0 Å². The summed E-state index contributed by atoms with van der Waals surface area (Å²) >= 11 is 0. The molecule has 0 bridgehead atoms. The van der Waals surface area contributed by atoms with E-state index < -0.39 is 17.6 Å². The van der Waals surface area contributed by atoms with Crippen molar-refractivity contribution in [2.45, 2.75) is 24.4 Å². The van der Waals surface area contributed by atoms with Gasteiger partial charge in [-0.3, -0.25) is 4.79 Å². The van der Waals surface area contributed by atoms with E-state index >= 15 is 0 Å². The lowest BCUT2D eigenvalue weighted by Crippen LogP contribution is -2.49. The molecule has 1 aromatic rings. The Morgan fingerprint density at radius 1 is 1.56 bits per heavy atom. The number of aliphatic carboxylic acids is 1. The van der Waals surface area contributed by atoms with Crippen LogP contribution < -0.4 is 4.74 Å². The van der Waals surface area contributed by atoms with Gasteiger partial charge in [0.25, 0.3) is 0 Å². The number of carbonyl (C=O) groups is 1. The third-order valence-corrected chi connectivity index (χ3v) is 3.17. The Labute approximate surface area is 92.9 Å². The van der Waals surface area contributed by atoms with Crippen molar-refractivity contribution in [3.8, 4) is 5.75 Å². The summed E-state index contributed by atoms with van der Waals surface area (Å²) in [7, 11) is 1.52. The van der Waals surface area contributed by atoms with E-state index in [1.165, 1.54) is 7.11 Å². The molecule has 1 aromatic carbocycles. The Morgan fingerprint density at radius 3 is 2.75 bits per heavy atom. The summed E-state index contributed by atoms with van der Waals surface area (Å²) in [6.07, 6.45) is -0.910. The fourth-order valence-electron chi connectivity index (χ4n) is 2.15. The lowest BCUT2D eigenvalue weighted by Gasteiger charge is -2.40. The maximum absolute atomic E-state index is 12.9. The monoisotopic (exact) mass is 224 g/mol. The molecule has 1 aliphatic rings. The number of halogens is 1. The van der Waals surface area contributed by atoms with Gasteiger partial charge in [-0.25, -0.2) is 4.39 Å². The maximum atomic E-state index is 12.9. The van der Waals surface area contributed by atoms with Crippen LogP contribution in [0.5, 0.6) is 5.75 Å². The van der Waals surface area contributed by atoms with E-state index in [2.05, 4.69) is 0 Å². The molecule has 1 aliphatic carbocycles. The number of carboxylic acid groups (broad SMARTS) is 1. The second-order valence-corrected chi connectivity index (χ2v) is 4.12. The van der Waals surface area contributed by atoms with E-state index in [-0.39, 0.29) is 12.8 Å². The quantitative estimate of drug-likeness (QED) is 0.855. The van der Waals surface area contributed by atoms with Crippen LogP contribution >= 0.6 is 0 Å². The first-order valence-electron chi connectivity index (χ1n) is 5.10. The Balaban J connectivity index is 2.37. The smallest absolute Gasteiger partial charge is 0.314 e. The second kappa shape index (κ2) is 3.77. The van der Waals surface area contributed by atoms with Crippen LogP contribution in [0.3, 0.4) is 0 Å². The van der Waals surface area contributed by atoms with Gasteiger partial charge in [-0.1, -0.05) is 12.1 Å². The van der Waals surface area contributed by atoms with Crippen molar-refractivity contribution < 1.29 is 19.0 Å². The van der Waals surface area contributed by atoms with Crippen molar-refractivity contribution in [3.63, 3.8) is 0 Å². The highest BCUT2D eigenvalue weighted by atomic mass is 19.1. The number of ether oxygens (including phenoxy) is 1. The molecule has 2 rings (SSSR count). The summed E-state index contributed by atoms with van der Waals surface area (Å²) in [4.78, 5) is 11.2. The van der Waals surface area contributed by atoms with Gasteiger partial charge in [-0.15, -0.1) is 0 Å². The molecule has 1 N–H and O–H groups in total. The first-order chi connectivity index (χ1) is 7.58. The van der Waals surface area contributed by atoms with E-state index in [1.54, 1.807) is 24.3 Å². The van der Waals surface area contributed by atoms with Crippen molar-refractivity contribution in [1.29, 1.82) is 0 Å². The first kappa shape index (κ1) is 10.9. The highest BCUT2D eigenvalue weighted by Gasteiger charge is 2.52. The molecule has 86 valence electrons. The van der Waals surface area contributed by atoms with E-state index in [0.29, 0.717) is 11.3 Å². The molecule has 0 spiro atoms. The Bertz CT molecular complexity index is 410. The SMILES string of the molecule is COc1cccc(C2(C(=O)O)CC(F)C2)c1. The van der Waals surface area contributed by atoms with Crippen LogP contribution in [-0.4, -0.2) is 24.4 Å². The topological polar surface area (TPSA) is 46.5 Å². The van der Waals surface area contributed by atoms with Crippen molar-refractivity contribution in [2.75, 3.05) is 7.11 Å². The van der Waals surface area contributed by atoms with Crippen LogP contribution in [0.4, 0.5) is 4.39 Å². The maximum Gasteiger partial charge on any atom is 0.314 e. The fourth-order valence-corrected chi connectivity index (χ4v) is 2.15. The van der Waals surface area contributed by atoms with Gasteiger partial charge in [0.1, 0.15) is 11.9 Å².